The van der Waals surface area contributed by atoms with Gasteiger partial charge in [-0.15, -0.1) is 11.3 Å². The van der Waals surface area contributed by atoms with Crippen LogP contribution in [0.15, 0.2) is 52.6 Å². The molecule has 36 heavy (non-hydrogen) atoms. The molecule has 194 valence electrons. The fraction of sp³-hybridized carbons (Fsp3) is 0.375. The van der Waals surface area contributed by atoms with Crippen molar-refractivity contribution in [1.29, 1.82) is 0 Å². The molecule has 0 spiro atoms. The van der Waals surface area contributed by atoms with E-state index in [0.29, 0.717) is 36.6 Å². The van der Waals surface area contributed by atoms with Gasteiger partial charge in [0.1, 0.15) is 23.4 Å². The van der Waals surface area contributed by atoms with Crippen molar-refractivity contribution in [3.63, 3.8) is 0 Å². The van der Waals surface area contributed by atoms with E-state index in [-0.39, 0.29) is 28.9 Å². The second-order valence-electron chi connectivity index (χ2n) is 7.89. The van der Waals surface area contributed by atoms with Gasteiger partial charge in [0.15, 0.2) is 0 Å². The van der Waals surface area contributed by atoms with E-state index in [4.69, 9.17) is 16.3 Å². The molecule has 1 aromatic heterocycles. The van der Waals surface area contributed by atoms with E-state index in [0.717, 1.165) is 23.5 Å². The Morgan fingerprint density at radius 2 is 2.14 bits per heavy atom. The van der Waals surface area contributed by atoms with Gasteiger partial charge in [0.05, 0.1) is 27.0 Å². The molecule has 1 saturated heterocycles. The highest BCUT2D eigenvalue weighted by molar-refractivity contribution is 7.09. The number of rotatable bonds is 10. The lowest BCUT2D eigenvalue weighted by Gasteiger charge is -2.37. The average molecular weight is 545 g/mol. The number of amides is 1. The number of nitrogens with one attached hydrogen (secondary N) is 1. The number of thiazole rings is 1. The molecule has 1 aromatic carbocycles. The lowest BCUT2D eigenvalue weighted by molar-refractivity contribution is 0.0379. The summed E-state index contributed by atoms with van der Waals surface area (Å²) in [6.45, 7) is 5.68. The number of hydrogen-bond donors (Lipinski definition) is 1. The summed E-state index contributed by atoms with van der Waals surface area (Å²) < 4.78 is 60.7. The highest BCUT2D eigenvalue weighted by Gasteiger charge is 2.32. The van der Waals surface area contributed by atoms with Crippen LogP contribution in [0.3, 0.4) is 0 Å². The largest absolute Gasteiger partial charge is 0.491 e. The van der Waals surface area contributed by atoms with Crippen molar-refractivity contribution >= 4 is 35.6 Å². The Bertz CT molecular complexity index is 1110. The number of alkyl halides is 2. The SMILES string of the molecule is C=N/C(F)=C\C(=C/C)OC1CCN(C(CNC(=O)c2c(F)cccc2Cl)c2scnc2C(F)F)CC1. The molecule has 12 heteroatoms. The normalized spacial score (nSPS) is 16.8. The zero-order valence-corrected chi connectivity index (χ0v) is 21.0. The van der Waals surface area contributed by atoms with E-state index in [2.05, 4.69) is 22.0 Å². The molecule has 0 bridgehead atoms. The number of aliphatic imine (C=N–C) groups is 1. The predicted octanol–water partition coefficient (Wildman–Crippen LogP) is 6.24. The minimum Gasteiger partial charge on any atom is -0.491 e. The lowest BCUT2D eigenvalue weighted by Crippen LogP contribution is -2.43. The van der Waals surface area contributed by atoms with Gasteiger partial charge in [-0.1, -0.05) is 17.7 Å². The maximum atomic E-state index is 14.2. The van der Waals surface area contributed by atoms with Crippen LogP contribution in [0.5, 0.6) is 0 Å². The van der Waals surface area contributed by atoms with Crippen LogP contribution in [0.25, 0.3) is 0 Å². The summed E-state index contributed by atoms with van der Waals surface area (Å²) in [5.74, 6) is -1.98. The molecule has 1 aliphatic heterocycles. The predicted molar refractivity (Wildman–Crippen MR) is 132 cm³/mol. The number of allylic oxidation sites excluding steroid dienone is 2. The third-order valence-electron chi connectivity index (χ3n) is 5.70. The fourth-order valence-corrected chi connectivity index (χ4v) is 5.08. The lowest BCUT2D eigenvalue weighted by atomic mass is 10.0. The number of hydrogen-bond acceptors (Lipinski definition) is 6. The first kappa shape index (κ1) is 27.8. The van der Waals surface area contributed by atoms with Crippen LogP contribution in [0.2, 0.25) is 5.02 Å². The zero-order chi connectivity index (χ0) is 26.2. The van der Waals surface area contributed by atoms with E-state index in [9.17, 15) is 22.4 Å². The molecular formula is C24H25ClF4N4O2S. The van der Waals surface area contributed by atoms with E-state index in [1.54, 1.807) is 13.0 Å². The average Bonchev–Trinajstić information content (AvgIpc) is 3.34. The highest BCUT2D eigenvalue weighted by Crippen LogP contribution is 2.35. The number of halogens is 5. The zero-order valence-electron chi connectivity index (χ0n) is 19.4. The van der Waals surface area contributed by atoms with E-state index in [1.165, 1.54) is 17.6 Å². The first-order valence-corrected chi connectivity index (χ1v) is 12.4. The van der Waals surface area contributed by atoms with Gasteiger partial charge in [0.2, 0.25) is 5.95 Å². The van der Waals surface area contributed by atoms with Gasteiger partial charge in [0.25, 0.3) is 12.3 Å². The van der Waals surface area contributed by atoms with Crippen molar-refractivity contribution < 1.29 is 27.1 Å². The minimum absolute atomic E-state index is 0.0509. The molecule has 2 heterocycles. The standard InChI is InChI=1S/C24H25ClF4N4O2S/c1-3-14(11-19(27)30-2)35-15-7-9-33(10-8-15)18(22-21(23(28)29)32-13-36-22)12-31-24(34)20-16(25)5-4-6-17(20)26/h3-6,11,13,15,18,23H,2,7-10,12H2,1H3,(H,31,34)/b14-3+,19-11-. The molecule has 2 aromatic rings. The van der Waals surface area contributed by atoms with Crippen LogP contribution < -0.4 is 5.32 Å². The molecule has 0 radical (unpaired) electrons. The number of nitrogens with zero attached hydrogens (tertiary/aromatic N) is 3. The molecule has 1 aliphatic rings. The van der Waals surface area contributed by atoms with Gasteiger partial charge < -0.3 is 10.1 Å². The number of piperidine rings is 1. The Hall–Kier alpha value is -2.76. The monoisotopic (exact) mass is 544 g/mol. The summed E-state index contributed by atoms with van der Waals surface area (Å²) >= 11 is 7.06. The second-order valence-corrected chi connectivity index (χ2v) is 9.19. The number of carbonyl (C=O) groups excluding carboxylic acids is 1. The summed E-state index contributed by atoms with van der Waals surface area (Å²) in [6, 6.07) is 3.27. The van der Waals surface area contributed by atoms with Gasteiger partial charge in [-0.3, -0.25) is 9.69 Å². The Balaban J connectivity index is 1.74. The number of likely N-dealkylation sites (tertiary alicyclic amines) is 1. The summed E-state index contributed by atoms with van der Waals surface area (Å²) in [7, 11) is 0. The number of ether oxygens (including phenoxy) is 1. The third kappa shape index (κ3) is 6.92. The van der Waals surface area contributed by atoms with Crippen molar-refractivity contribution in [1.82, 2.24) is 15.2 Å². The van der Waals surface area contributed by atoms with E-state index >= 15 is 0 Å². The maximum Gasteiger partial charge on any atom is 0.281 e. The van der Waals surface area contributed by atoms with Crippen LogP contribution in [0, 0.1) is 5.82 Å². The first-order chi connectivity index (χ1) is 17.2. The molecule has 0 saturated carbocycles. The van der Waals surface area contributed by atoms with Crippen molar-refractivity contribution in [2.75, 3.05) is 19.6 Å². The molecule has 1 amide bonds. The topological polar surface area (TPSA) is 66.8 Å². The molecule has 3 rings (SSSR count). The summed E-state index contributed by atoms with van der Waals surface area (Å²) in [5.41, 5.74) is 0.675. The summed E-state index contributed by atoms with van der Waals surface area (Å²) in [5, 5.41) is 2.58. The van der Waals surface area contributed by atoms with Crippen LogP contribution >= 0.6 is 22.9 Å². The van der Waals surface area contributed by atoms with Gasteiger partial charge in [-0.2, -0.15) is 4.39 Å². The smallest absolute Gasteiger partial charge is 0.281 e. The fourth-order valence-electron chi connectivity index (χ4n) is 3.90. The molecular weight excluding hydrogens is 520 g/mol. The first-order valence-electron chi connectivity index (χ1n) is 11.1. The minimum atomic E-state index is -2.79. The van der Waals surface area contributed by atoms with Gasteiger partial charge in [-0.25, -0.2) is 23.1 Å². The van der Waals surface area contributed by atoms with Crippen LogP contribution in [-0.4, -0.2) is 48.2 Å². The molecule has 1 unspecified atom stereocenters. The quantitative estimate of drug-likeness (QED) is 0.126. The van der Waals surface area contributed by atoms with Crippen LogP contribution in [0.4, 0.5) is 17.6 Å². The Kier molecular flexibility index (Phi) is 10.0. The maximum absolute atomic E-state index is 14.2. The molecule has 1 atom stereocenters. The summed E-state index contributed by atoms with van der Waals surface area (Å²) in [6.07, 6.45) is 0.781. The van der Waals surface area contributed by atoms with E-state index in [1.807, 2.05) is 4.90 Å². The Morgan fingerprint density at radius 3 is 2.75 bits per heavy atom. The van der Waals surface area contributed by atoms with Gasteiger partial charge in [-0.05, 0) is 44.7 Å². The molecule has 1 fully saturated rings. The number of carbonyl (C=O) groups is 1. The van der Waals surface area contributed by atoms with E-state index < -0.39 is 30.1 Å². The van der Waals surface area contributed by atoms with Crippen molar-refractivity contribution in [2.45, 2.75) is 38.3 Å². The molecule has 1 N–H and O–H groups in total. The molecule has 6 nitrogen and oxygen atoms in total. The van der Waals surface area contributed by atoms with Gasteiger partial charge >= 0.3 is 0 Å². The highest BCUT2D eigenvalue weighted by atomic mass is 35.5. The van der Waals surface area contributed by atoms with Crippen LogP contribution in [-0.2, 0) is 4.74 Å². The Labute approximate surface area is 215 Å². The second kappa shape index (κ2) is 13.0. The summed E-state index contributed by atoms with van der Waals surface area (Å²) in [4.78, 5) is 22.0. The van der Waals surface area contributed by atoms with Crippen molar-refractivity contribution in [2.24, 2.45) is 4.99 Å². The van der Waals surface area contributed by atoms with Crippen molar-refractivity contribution in [3.8, 4) is 0 Å². The van der Waals surface area contributed by atoms with Crippen LogP contribution in [0.1, 0.15) is 53.2 Å². The Morgan fingerprint density at radius 1 is 1.42 bits per heavy atom. The number of aromatic nitrogens is 1. The molecule has 0 aliphatic carbocycles. The van der Waals surface area contributed by atoms with Gasteiger partial charge in [0, 0.05) is 25.7 Å². The third-order valence-corrected chi connectivity index (χ3v) is 6.96. The number of benzene rings is 1. The van der Waals surface area contributed by atoms with Crippen molar-refractivity contribution in [3.05, 3.63) is 74.5 Å².